The molecule has 25 heavy (non-hydrogen) atoms. The Morgan fingerprint density at radius 1 is 1.32 bits per heavy atom. The molecule has 1 aromatic carbocycles. The van der Waals surface area contributed by atoms with Crippen LogP contribution < -0.4 is 15.4 Å². The molecule has 7 heteroatoms. The molecule has 0 saturated heterocycles. The zero-order chi connectivity index (χ0) is 17.8. The molecule has 2 amide bonds. The first-order chi connectivity index (χ1) is 12.0. The SMILES string of the molecule is CC(=O)NCCC(=O)NCC1Cc2cc(-c3ccsc3)cc(Cl)c2O1. The Labute approximate surface area is 155 Å². The van der Waals surface area contributed by atoms with Crippen LogP contribution >= 0.6 is 22.9 Å². The van der Waals surface area contributed by atoms with Gasteiger partial charge in [-0.2, -0.15) is 11.3 Å². The molecule has 1 atom stereocenters. The van der Waals surface area contributed by atoms with Gasteiger partial charge in [0.25, 0.3) is 0 Å². The molecule has 1 aliphatic rings. The van der Waals surface area contributed by atoms with E-state index in [2.05, 4.69) is 28.1 Å². The van der Waals surface area contributed by atoms with Crippen molar-refractivity contribution < 1.29 is 14.3 Å². The highest BCUT2D eigenvalue weighted by Gasteiger charge is 2.26. The molecule has 5 nitrogen and oxygen atoms in total. The molecule has 132 valence electrons. The summed E-state index contributed by atoms with van der Waals surface area (Å²) < 4.78 is 5.89. The lowest BCUT2D eigenvalue weighted by atomic mass is 10.0. The molecule has 1 unspecified atom stereocenters. The fourth-order valence-electron chi connectivity index (χ4n) is 2.76. The van der Waals surface area contributed by atoms with E-state index in [9.17, 15) is 9.59 Å². The third-order valence-corrected chi connectivity index (χ3v) is 4.92. The van der Waals surface area contributed by atoms with Gasteiger partial charge in [-0.05, 0) is 40.1 Å². The van der Waals surface area contributed by atoms with Crippen molar-refractivity contribution in [2.24, 2.45) is 0 Å². The molecule has 0 fully saturated rings. The number of nitrogens with one attached hydrogen (secondary N) is 2. The molecule has 1 aromatic heterocycles. The Morgan fingerprint density at radius 2 is 2.16 bits per heavy atom. The lowest BCUT2D eigenvalue weighted by Gasteiger charge is -2.12. The van der Waals surface area contributed by atoms with Crippen molar-refractivity contribution in [1.29, 1.82) is 0 Å². The van der Waals surface area contributed by atoms with E-state index >= 15 is 0 Å². The quantitative estimate of drug-likeness (QED) is 0.811. The van der Waals surface area contributed by atoms with E-state index in [1.807, 2.05) is 11.4 Å². The number of thiophene rings is 1. The maximum Gasteiger partial charge on any atom is 0.221 e. The monoisotopic (exact) mass is 378 g/mol. The van der Waals surface area contributed by atoms with Gasteiger partial charge in [0.2, 0.25) is 11.8 Å². The summed E-state index contributed by atoms with van der Waals surface area (Å²) in [7, 11) is 0. The molecule has 2 heterocycles. The lowest BCUT2D eigenvalue weighted by molar-refractivity contribution is -0.121. The average molecular weight is 379 g/mol. The number of rotatable bonds is 6. The molecule has 0 spiro atoms. The van der Waals surface area contributed by atoms with Gasteiger partial charge < -0.3 is 15.4 Å². The first kappa shape index (κ1) is 17.8. The molecular formula is C18H19ClN2O3S. The Hall–Kier alpha value is -2.05. The largest absolute Gasteiger partial charge is 0.486 e. The zero-order valence-corrected chi connectivity index (χ0v) is 15.4. The first-order valence-electron chi connectivity index (χ1n) is 8.05. The van der Waals surface area contributed by atoms with Crippen LogP contribution in [0.2, 0.25) is 5.02 Å². The van der Waals surface area contributed by atoms with E-state index in [0.717, 1.165) is 16.7 Å². The van der Waals surface area contributed by atoms with Crippen LogP contribution in [0.4, 0.5) is 0 Å². The molecule has 0 aliphatic carbocycles. The number of amides is 2. The van der Waals surface area contributed by atoms with Crippen molar-refractivity contribution in [1.82, 2.24) is 10.6 Å². The summed E-state index contributed by atoms with van der Waals surface area (Å²) >= 11 is 8.01. The molecule has 0 radical (unpaired) electrons. The Balaban J connectivity index is 1.56. The predicted molar refractivity (Wildman–Crippen MR) is 99.2 cm³/mol. The van der Waals surface area contributed by atoms with E-state index in [1.165, 1.54) is 6.92 Å². The zero-order valence-electron chi connectivity index (χ0n) is 13.8. The van der Waals surface area contributed by atoms with Crippen LogP contribution in [0.5, 0.6) is 5.75 Å². The minimum absolute atomic E-state index is 0.113. The third-order valence-electron chi connectivity index (χ3n) is 3.96. The van der Waals surface area contributed by atoms with Crippen LogP contribution in [0.25, 0.3) is 11.1 Å². The van der Waals surface area contributed by atoms with Crippen molar-refractivity contribution in [3.63, 3.8) is 0 Å². The summed E-state index contributed by atoms with van der Waals surface area (Å²) in [6, 6.07) is 6.07. The van der Waals surface area contributed by atoms with E-state index in [1.54, 1.807) is 11.3 Å². The maximum absolute atomic E-state index is 11.8. The number of fused-ring (bicyclic) bond motifs is 1. The van der Waals surface area contributed by atoms with Crippen molar-refractivity contribution in [2.75, 3.05) is 13.1 Å². The molecule has 2 N–H and O–H groups in total. The fraction of sp³-hybridized carbons (Fsp3) is 0.333. The smallest absolute Gasteiger partial charge is 0.221 e. The van der Waals surface area contributed by atoms with Gasteiger partial charge in [-0.15, -0.1) is 0 Å². The highest BCUT2D eigenvalue weighted by molar-refractivity contribution is 7.08. The lowest BCUT2D eigenvalue weighted by Crippen LogP contribution is -2.36. The summed E-state index contributed by atoms with van der Waals surface area (Å²) in [5.74, 6) is 0.454. The minimum atomic E-state index is -0.140. The van der Waals surface area contributed by atoms with E-state index < -0.39 is 0 Å². The Bertz CT molecular complexity index is 777. The first-order valence-corrected chi connectivity index (χ1v) is 9.38. The van der Waals surface area contributed by atoms with Crippen LogP contribution in [0.1, 0.15) is 18.9 Å². The highest BCUT2D eigenvalue weighted by atomic mass is 35.5. The molecule has 0 saturated carbocycles. The van der Waals surface area contributed by atoms with Crippen molar-refractivity contribution >= 4 is 34.8 Å². The van der Waals surface area contributed by atoms with Gasteiger partial charge in [0.05, 0.1) is 11.6 Å². The number of ether oxygens (including phenoxy) is 1. The predicted octanol–water partition coefficient (Wildman–Crippen LogP) is 3.01. The van der Waals surface area contributed by atoms with Gasteiger partial charge in [-0.1, -0.05) is 11.6 Å². The molecular weight excluding hydrogens is 360 g/mol. The van der Waals surface area contributed by atoms with Crippen LogP contribution in [0, 0.1) is 0 Å². The second-order valence-corrected chi connectivity index (χ2v) is 7.13. The summed E-state index contributed by atoms with van der Waals surface area (Å²) in [6.45, 7) is 2.18. The third kappa shape index (κ3) is 4.52. The highest BCUT2D eigenvalue weighted by Crippen LogP contribution is 2.39. The van der Waals surface area contributed by atoms with Crippen LogP contribution in [-0.4, -0.2) is 31.0 Å². The molecule has 2 aromatic rings. The number of hydrogen-bond acceptors (Lipinski definition) is 4. The van der Waals surface area contributed by atoms with Gasteiger partial charge in [0.1, 0.15) is 11.9 Å². The van der Waals surface area contributed by atoms with Gasteiger partial charge in [-0.3, -0.25) is 9.59 Å². The van der Waals surface area contributed by atoms with E-state index in [0.29, 0.717) is 30.3 Å². The van der Waals surface area contributed by atoms with Crippen molar-refractivity contribution in [3.05, 3.63) is 39.5 Å². The summed E-state index contributed by atoms with van der Waals surface area (Å²) in [6.07, 6.45) is 0.830. The Morgan fingerprint density at radius 3 is 2.88 bits per heavy atom. The van der Waals surface area contributed by atoms with E-state index in [-0.39, 0.29) is 24.3 Å². The van der Waals surface area contributed by atoms with Gasteiger partial charge >= 0.3 is 0 Å². The fourth-order valence-corrected chi connectivity index (χ4v) is 3.71. The summed E-state index contributed by atoms with van der Waals surface area (Å²) in [5, 5.41) is 10.1. The number of carbonyl (C=O) groups is 2. The van der Waals surface area contributed by atoms with Gasteiger partial charge in [-0.25, -0.2) is 0 Å². The second kappa shape index (κ2) is 7.89. The van der Waals surface area contributed by atoms with E-state index in [4.69, 9.17) is 16.3 Å². The molecule has 1 aliphatic heterocycles. The Kier molecular flexibility index (Phi) is 5.60. The number of hydrogen-bond donors (Lipinski definition) is 2. The number of carbonyl (C=O) groups excluding carboxylic acids is 2. The van der Waals surface area contributed by atoms with Gasteiger partial charge in [0, 0.05) is 31.9 Å². The molecule has 3 rings (SSSR count). The summed E-state index contributed by atoms with van der Waals surface area (Å²) in [4.78, 5) is 22.6. The van der Waals surface area contributed by atoms with Crippen LogP contribution in [-0.2, 0) is 16.0 Å². The van der Waals surface area contributed by atoms with Crippen LogP contribution in [0.15, 0.2) is 29.0 Å². The van der Waals surface area contributed by atoms with Crippen LogP contribution in [0.3, 0.4) is 0 Å². The summed E-state index contributed by atoms with van der Waals surface area (Å²) in [5.41, 5.74) is 3.28. The second-order valence-electron chi connectivity index (χ2n) is 5.94. The number of halogens is 1. The topological polar surface area (TPSA) is 67.4 Å². The number of benzene rings is 1. The minimum Gasteiger partial charge on any atom is -0.486 e. The standard InChI is InChI=1S/C18H19ClN2O3S/c1-11(22)20-4-2-17(23)21-9-15-7-14-6-13(12-3-5-25-10-12)8-16(19)18(14)24-15/h3,5-6,8,10,15H,2,4,7,9H2,1H3,(H,20,22)(H,21,23). The van der Waals surface area contributed by atoms with Gasteiger partial charge in [0.15, 0.2) is 0 Å². The maximum atomic E-state index is 11.8. The molecule has 0 bridgehead atoms. The van der Waals surface area contributed by atoms with Crippen molar-refractivity contribution in [2.45, 2.75) is 25.9 Å². The average Bonchev–Trinajstić information content (AvgIpc) is 3.22. The van der Waals surface area contributed by atoms with Crippen molar-refractivity contribution in [3.8, 4) is 16.9 Å². The normalized spacial score (nSPS) is 15.4.